The summed E-state index contributed by atoms with van der Waals surface area (Å²) in [7, 11) is 0. The molecule has 1 aliphatic rings. The highest BCUT2D eigenvalue weighted by Gasteiger charge is 2.38. The van der Waals surface area contributed by atoms with Gasteiger partial charge in [0.2, 0.25) is 0 Å². The van der Waals surface area contributed by atoms with Crippen LogP contribution in [0.3, 0.4) is 0 Å². The van der Waals surface area contributed by atoms with E-state index in [2.05, 4.69) is 60.4 Å². The minimum absolute atomic E-state index is 0.218. The fourth-order valence-corrected chi connectivity index (χ4v) is 3.81. The molecule has 126 valence electrons. The molecule has 1 N–H and O–H groups in total. The first-order valence-electron chi connectivity index (χ1n) is 8.68. The maximum Gasteiger partial charge on any atom is 0.306 e. The van der Waals surface area contributed by atoms with Crippen LogP contribution in [0.15, 0.2) is 60.7 Å². The van der Waals surface area contributed by atoms with Gasteiger partial charge in [0.1, 0.15) is 0 Å². The lowest BCUT2D eigenvalue weighted by Crippen LogP contribution is -2.33. The van der Waals surface area contributed by atoms with Gasteiger partial charge in [-0.15, -0.1) is 0 Å². The second-order valence-corrected chi connectivity index (χ2v) is 6.92. The summed E-state index contributed by atoms with van der Waals surface area (Å²) < 4.78 is 0. The Bertz CT molecular complexity index is 615. The SMILES string of the molecule is C[C@@H]1CC(N(Cc2ccccc2)Cc2ccccc2)C[C@@H]1C(=O)O. The summed E-state index contributed by atoms with van der Waals surface area (Å²) in [4.78, 5) is 13.9. The van der Waals surface area contributed by atoms with E-state index in [1.54, 1.807) is 0 Å². The van der Waals surface area contributed by atoms with Gasteiger partial charge in [-0.1, -0.05) is 67.6 Å². The highest BCUT2D eigenvalue weighted by Crippen LogP contribution is 2.36. The van der Waals surface area contributed by atoms with Crippen LogP contribution < -0.4 is 0 Å². The van der Waals surface area contributed by atoms with Gasteiger partial charge < -0.3 is 5.11 Å². The molecule has 0 spiro atoms. The molecule has 0 heterocycles. The van der Waals surface area contributed by atoms with Crippen molar-refractivity contribution < 1.29 is 9.90 Å². The molecule has 3 atom stereocenters. The van der Waals surface area contributed by atoms with Gasteiger partial charge in [-0.3, -0.25) is 9.69 Å². The van der Waals surface area contributed by atoms with E-state index in [0.717, 1.165) is 25.9 Å². The van der Waals surface area contributed by atoms with Crippen LogP contribution >= 0.6 is 0 Å². The average molecular weight is 323 g/mol. The molecule has 0 radical (unpaired) electrons. The van der Waals surface area contributed by atoms with Crippen molar-refractivity contribution in [2.75, 3.05) is 0 Å². The van der Waals surface area contributed by atoms with E-state index in [1.807, 2.05) is 12.1 Å². The maximum absolute atomic E-state index is 11.5. The summed E-state index contributed by atoms with van der Waals surface area (Å²) in [5, 5.41) is 9.44. The minimum atomic E-state index is -0.649. The van der Waals surface area contributed by atoms with Gasteiger partial charge >= 0.3 is 5.97 Å². The Hall–Kier alpha value is -2.13. The number of hydrogen-bond acceptors (Lipinski definition) is 2. The molecule has 2 aromatic rings. The molecule has 3 heteroatoms. The summed E-state index contributed by atoms with van der Waals surface area (Å²) in [6.07, 6.45) is 1.70. The lowest BCUT2D eigenvalue weighted by Gasteiger charge is -2.29. The Morgan fingerprint density at radius 2 is 1.46 bits per heavy atom. The molecule has 1 unspecified atom stereocenters. The van der Waals surface area contributed by atoms with Crippen molar-refractivity contribution >= 4 is 5.97 Å². The molecule has 3 nitrogen and oxygen atoms in total. The van der Waals surface area contributed by atoms with E-state index >= 15 is 0 Å². The van der Waals surface area contributed by atoms with Crippen molar-refractivity contribution in [1.29, 1.82) is 0 Å². The van der Waals surface area contributed by atoms with Crippen LogP contribution in [0.5, 0.6) is 0 Å². The Kier molecular flexibility index (Phi) is 5.31. The molecule has 1 saturated carbocycles. The van der Waals surface area contributed by atoms with Crippen molar-refractivity contribution in [2.45, 2.75) is 38.9 Å². The van der Waals surface area contributed by atoms with Crippen molar-refractivity contribution in [3.63, 3.8) is 0 Å². The summed E-state index contributed by atoms with van der Waals surface area (Å²) in [6, 6.07) is 21.2. The van der Waals surface area contributed by atoms with Crippen LogP contribution in [0.25, 0.3) is 0 Å². The maximum atomic E-state index is 11.5. The van der Waals surface area contributed by atoms with Crippen LogP contribution in [0.1, 0.15) is 30.9 Å². The van der Waals surface area contributed by atoms with Crippen molar-refractivity contribution in [3.05, 3.63) is 71.8 Å². The number of carboxylic acids is 1. The normalized spacial score (nSPS) is 23.5. The van der Waals surface area contributed by atoms with Gasteiger partial charge in [0.25, 0.3) is 0 Å². The van der Waals surface area contributed by atoms with Crippen molar-refractivity contribution in [2.24, 2.45) is 11.8 Å². The number of nitrogens with zero attached hydrogens (tertiary/aromatic N) is 1. The molecule has 1 fully saturated rings. The lowest BCUT2D eigenvalue weighted by molar-refractivity contribution is -0.142. The monoisotopic (exact) mass is 323 g/mol. The second kappa shape index (κ2) is 7.63. The predicted octanol–water partition coefficient (Wildman–Crippen LogP) is 4.19. The Labute approximate surface area is 143 Å². The van der Waals surface area contributed by atoms with E-state index in [-0.39, 0.29) is 11.8 Å². The average Bonchev–Trinajstić information content (AvgIpc) is 2.98. The Morgan fingerprint density at radius 3 is 1.88 bits per heavy atom. The van der Waals surface area contributed by atoms with Gasteiger partial charge in [-0.2, -0.15) is 0 Å². The number of hydrogen-bond donors (Lipinski definition) is 1. The van der Waals surface area contributed by atoms with Crippen LogP contribution in [0, 0.1) is 11.8 Å². The summed E-state index contributed by atoms with van der Waals surface area (Å²) >= 11 is 0. The van der Waals surface area contributed by atoms with Gasteiger partial charge in [0, 0.05) is 19.1 Å². The zero-order valence-corrected chi connectivity index (χ0v) is 14.1. The Balaban J connectivity index is 1.78. The third kappa shape index (κ3) is 4.04. The third-order valence-corrected chi connectivity index (χ3v) is 5.15. The van der Waals surface area contributed by atoms with E-state index in [0.29, 0.717) is 6.04 Å². The van der Waals surface area contributed by atoms with Crippen LogP contribution in [-0.2, 0) is 17.9 Å². The quantitative estimate of drug-likeness (QED) is 0.866. The number of carbonyl (C=O) groups is 1. The Morgan fingerprint density at radius 1 is 0.958 bits per heavy atom. The van der Waals surface area contributed by atoms with Crippen LogP contribution in [0.4, 0.5) is 0 Å². The number of rotatable bonds is 6. The summed E-state index contributed by atoms with van der Waals surface area (Å²) in [6.45, 7) is 3.79. The lowest BCUT2D eigenvalue weighted by atomic mass is 9.99. The molecule has 0 aromatic heterocycles. The van der Waals surface area contributed by atoms with E-state index in [9.17, 15) is 9.90 Å². The zero-order chi connectivity index (χ0) is 16.9. The molecule has 0 amide bonds. The standard InChI is InChI=1S/C21H25NO2/c1-16-12-19(13-20(16)21(23)24)22(14-17-8-4-2-5-9-17)15-18-10-6-3-7-11-18/h2-11,16,19-20H,12-15H2,1H3,(H,23,24)/t16-,19?,20+/m1/s1. The first-order chi connectivity index (χ1) is 11.6. The highest BCUT2D eigenvalue weighted by molar-refractivity contribution is 5.70. The third-order valence-electron chi connectivity index (χ3n) is 5.15. The predicted molar refractivity (Wildman–Crippen MR) is 95.4 cm³/mol. The molecule has 2 aromatic carbocycles. The molecule has 0 bridgehead atoms. The van der Waals surface area contributed by atoms with Gasteiger partial charge in [0.15, 0.2) is 0 Å². The van der Waals surface area contributed by atoms with E-state index in [1.165, 1.54) is 11.1 Å². The molecule has 0 saturated heterocycles. The summed E-state index contributed by atoms with van der Waals surface area (Å²) in [5.41, 5.74) is 2.56. The molecule has 1 aliphatic carbocycles. The number of aliphatic carboxylic acids is 1. The van der Waals surface area contributed by atoms with Gasteiger partial charge in [0.05, 0.1) is 5.92 Å². The first-order valence-corrected chi connectivity index (χ1v) is 8.68. The topological polar surface area (TPSA) is 40.5 Å². The van der Waals surface area contributed by atoms with Crippen LogP contribution in [0.2, 0.25) is 0 Å². The fraction of sp³-hybridized carbons (Fsp3) is 0.381. The highest BCUT2D eigenvalue weighted by atomic mass is 16.4. The smallest absolute Gasteiger partial charge is 0.306 e. The van der Waals surface area contributed by atoms with Gasteiger partial charge in [-0.25, -0.2) is 0 Å². The van der Waals surface area contributed by atoms with Crippen molar-refractivity contribution in [1.82, 2.24) is 4.90 Å². The molecule has 24 heavy (non-hydrogen) atoms. The fourth-order valence-electron chi connectivity index (χ4n) is 3.81. The molecular formula is C21H25NO2. The van der Waals surface area contributed by atoms with Crippen molar-refractivity contribution in [3.8, 4) is 0 Å². The van der Waals surface area contributed by atoms with Gasteiger partial charge in [-0.05, 0) is 29.9 Å². The van der Waals surface area contributed by atoms with E-state index < -0.39 is 5.97 Å². The zero-order valence-electron chi connectivity index (χ0n) is 14.1. The van der Waals surface area contributed by atoms with Crippen LogP contribution in [-0.4, -0.2) is 22.0 Å². The molecule has 0 aliphatic heterocycles. The summed E-state index contributed by atoms with van der Waals surface area (Å²) in [5.74, 6) is -0.630. The van der Waals surface area contributed by atoms with E-state index in [4.69, 9.17) is 0 Å². The molecular weight excluding hydrogens is 298 g/mol. The minimum Gasteiger partial charge on any atom is -0.481 e. The number of benzene rings is 2. The number of carboxylic acid groups (broad SMARTS) is 1. The molecule has 3 rings (SSSR count). The largest absolute Gasteiger partial charge is 0.481 e. The second-order valence-electron chi connectivity index (χ2n) is 6.92. The first kappa shape index (κ1) is 16.7.